The number of piperazine rings is 1. The second kappa shape index (κ2) is 5.85. The first-order chi connectivity index (χ1) is 8.61. The van der Waals surface area contributed by atoms with Gasteiger partial charge in [0.2, 0.25) is 0 Å². The van der Waals surface area contributed by atoms with E-state index in [1.807, 2.05) is 0 Å². The molecule has 2 rings (SSSR count). The third-order valence-corrected chi connectivity index (χ3v) is 3.69. The number of hydrogen-bond donors (Lipinski definition) is 0. The molecule has 5 heteroatoms. The molecule has 1 aliphatic rings. The van der Waals surface area contributed by atoms with Gasteiger partial charge in [-0.2, -0.15) is 0 Å². The molecule has 0 unspecified atom stereocenters. The summed E-state index contributed by atoms with van der Waals surface area (Å²) in [5.41, 5.74) is 0.773. The van der Waals surface area contributed by atoms with Crippen LogP contribution in [0.4, 0.5) is 10.2 Å². The molecule has 1 aliphatic heterocycles. The van der Waals surface area contributed by atoms with Gasteiger partial charge in [-0.25, -0.2) is 9.37 Å². The first-order valence-electron chi connectivity index (χ1n) is 6.31. The minimum absolute atomic E-state index is 0.296. The molecule has 100 valence electrons. The third-order valence-electron chi connectivity index (χ3n) is 3.40. The van der Waals surface area contributed by atoms with Crippen LogP contribution in [0.25, 0.3) is 0 Å². The molecule has 0 aliphatic carbocycles. The fourth-order valence-corrected chi connectivity index (χ4v) is 2.50. The number of pyridine rings is 1. The van der Waals surface area contributed by atoms with Crippen molar-refractivity contribution in [2.45, 2.75) is 25.8 Å². The summed E-state index contributed by atoms with van der Waals surface area (Å²) in [6.07, 6.45) is 1.26. The van der Waals surface area contributed by atoms with E-state index in [1.54, 1.807) is 0 Å². The highest BCUT2D eigenvalue weighted by atomic mass is 35.5. The van der Waals surface area contributed by atoms with Gasteiger partial charge < -0.3 is 4.90 Å². The molecular formula is C13H19ClFN3. The Hall–Kier alpha value is -0.870. The van der Waals surface area contributed by atoms with Crippen molar-refractivity contribution in [1.29, 1.82) is 0 Å². The molecule has 2 heterocycles. The van der Waals surface area contributed by atoms with E-state index in [0.29, 0.717) is 11.9 Å². The molecule has 1 aromatic heterocycles. The fraction of sp³-hybridized carbons (Fsp3) is 0.615. The Labute approximate surface area is 113 Å². The van der Waals surface area contributed by atoms with Gasteiger partial charge in [0.25, 0.3) is 0 Å². The minimum atomic E-state index is -0.324. The van der Waals surface area contributed by atoms with Crippen LogP contribution in [0, 0.1) is 5.82 Å². The summed E-state index contributed by atoms with van der Waals surface area (Å²) >= 11 is 5.86. The van der Waals surface area contributed by atoms with Crippen LogP contribution in [0.2, 0.25) is 0 Å². The van der Waals surface area contributed by atoms with Crippen LogP contribution in [-0.4, -0.2) is 42.1 Å². The van der Waals surface area contributed by atoms with Gasteiger partial charge in [-0.05, 0) is 19.9 Å². The molecular weight excluding hydrogens is 253 g/mol. The zero-order valence-electron chi connectivity index (χ0n) is 10.9. The maximum Gasteiger partial charge on any atom is 0.141 e. The zero-order chi connectivity index (χ0) is 13.1. The average molecular weight is 272 g/mol. The molecule has 0 radical (unpaired) electrons. The van der Waals surface area contributed by atoms with E-state index >= 15 is 0 Å². The minimum Gasteiger partial charge on any atom is -0.354 e. The molecule has 1 aromatic rings. The van der Waals surface area contributed by atoms with Gasteiger partial charge in [-0.15, -0.1) is 11.6 Å². The molecule has 1 fully saturated rings. The van der Waals surface area contributed by atoms with Crippen molar-refractivity contribution in [2.75, 3.05) is 31.1 Å². The number of rotatable bonds is 3. The lowest BCUT2D eigenvalue weighted by molar-refractivity contribution is 0.209. The van der Waals surface area contributed by atoms with Gasteiger partial charge in [0.15, 0.2) is 0 Å². The Morgan fingerprint density at radius 3 is 2.56 bits per heavy atom. The average Bonchev–Trinajstić information content (AvgIpc) is 2.38. The number of hydrogen-bond acceptors (Lipinski definition) is 3. The Kier molecular flexibility index (Phi) is 4.40. The van der Waals surface area contributed by atoms with E-state index in [2.05, 4.69) is 28.6 Å². The SMILES string of the molecule is CC(C)N1CCN(c2ncc(F)cc2CCl)CC1. The second-order valence-electron chi connectivity index (χ2n) is 4.89. The molecule has 18 heavy (non-hydrogen) atoms. The van der Waals surface area contributed by atoms with Crippen LogP contribution < -0.4 is 4.90 Å². The van der Waals surface area contributed by atoms with Crippen LogP contribution in [0.5, 0.6) is 0 Å². The van der Waals surface area contributed by atoms with E-state index in [0.717, 1.165) is 37.6 Å². The maximum absolute atomic E-state index is 13.1. The topological polar surface area (TPSA) is 19.4 Å². The molecule has 1 saturated heterocycles. The highest BCUT2D eigenvalue weighted by Crippen LogP contribution is 2.22. The Morgan fingerprint density at radius 2 is 2.00 bits per heavy atom. The van der Waals surface area contributed by atoms with E-state index in [-0.39, 0.29) is 5.82 Å². The fourth-order valence-electron chi connectivity index (χ4n) is 2.31. The quantitative estimate of drug-likeness (QED) is 0.788. The first kappa shape index (κ1) is 13.6. The van der Waals surface area contributed by atoms with Crippen molar-refractivity contribution >= 4 is 17.4 Å². The van der Waals surface area contributed by atoms with Gasteiger partial charge >= 0.3 is 0 Å². The molecule has 0 spiro atoms. The number of halogens is 2. The van der Waals surface area contributed by atoms with Crippen molar-refractivity contribution in [3.63, 3.8) is 0 Å². The lowest BCUT2D eigenvalue weighted by Crippen LogP contribution is -2.49. The van der Waals surface area contributed by atoms with Crippen LogP contribution in [0.15, 0.2) is 12.3 Å². The van der Waals surface area contributed by atoms with Gasteiger partial charge in [-0.3, -0.25) is 4.90 Å². The molecule has 0 saturated carbocycles. The number of anilines is 1. The Morgan fingerprint density at radius 1 is 1.33 bits per heavy atom. The van der Waals surface area contributed by atoms with Gasteiger partial charge in [0, 0.05) is 37.8 Å². The van der Waals surface area contributed by atoms with Crippen LogP contribution in [0.3, 0.4) is 0 Å². The van der Waals surface area contributed by atoms with Crippen molar-refractivity contribution < 1.29 is 4.39 Å². The summed E-state index contributed by atoms with van der Waals surface area (Å²) in [5.74, 6) is 0.801. The predicted octanol–water partition coefficient (Wildman–Crippen LogP) is 2.49. The number of alkyl halides is 1. The zero-order valence-corrected chi connectivity index (χ0v) is 11.6. The highest BCUT2D eigenvalue weighted by molar-refractivity contribution is 6.17. The summed E-state index contributed by atoms with van der Waals surface area (Å²) in [6.45, 7) is 8.27. The lowest BCUT2D eigenvalue weighted by atomic mass is 10.2. The van der Waals surface area contributed by atoms with Gasteiger partial charge in [-0.1, -0.05) is 0 Å². The molecule has 0 N–H and O–H groups in total. The maximum atomic E-state index is 13.1. The molecule has 0 aromatic carbocycles. The molecule has 3 nitrogen and oxygen atoms in total. The van der Waals surface area contributed by atoms with Crippen LogP contribution >= 0.6 is 11.6 Å². The largest absolute Gasteiger partial charge is 0.354 e. The van der Waals surface area contributed by atoms with Crippen molar-refractivity contribution in [1.82, 2.24) is 9.88 Å². The number of nitrogens with zero attached hydrogens (tertiary/aromatic N) is 3. The monoisotopic (exact) mass is 271 g/mol. The summed E-state index contributed by atoms with van der Waals surface area (Å²) < 4.78 is 13.1. The lowest BCUT2D eigenvalue weighted by Gasteiger charge is -2.38. The molecule has 0 bridgehead atoms. The van der Waals surface area contributed by atoms with Crippen LogP contribution in [0.1, 0.15) is 19.4 Å². The molecule has 0 atom stereocenters. The summed E-state index contributed by atoms with van der Waals surface area (Å²) in [6, 6.07) is 2.05. The second-order valence-corrected chi connectivity index (χ2v) is 5.15. The highest BCUT2D eigenvalue weighted by Gasteiger charge is 2.21. The normalized spacial score (nSPS) is 17.5. The van der Waals surface area contributed by atoms with Crippen LogP contribution in [-0.2, 0) is 5.88 Å². The van der Waals surface area contributed by atoms with E-state index in [1.165, 1.54) is 12.3 Å². The Bertz CT molecular complexity index is 403. The van der Waals surface area contributed by atoms with E-state index < -0.39 is 0 Å². The third kappa shape index (κ3) is 2.93. The van der Waals surface area contributed by atoms with Gasteiger partial charge in [0.1, 0.15) is 11.6 Å². The van der Waals surface area contributed by atoms with Crippen molar-refractivity contribution in [3.8, 4) is 0 Å². The van der Waals surface area contributed by atoms with Crippen molar-refractivity contribution in [3.05, 3.63) is 23.6 Å². The van der Waals surface area contributed by atoms with Gasteiger partial charge in [0.05, 0.1) is 12.1 Å². The van der Waals surface area contributed by atoms with Crippen molar-refractivity contribution in [2.24, 2.45) is 0 Å². The summed E-state index contributed by atoms with van der Waals surface area (Å²) in [7, 11) is 0. The number of aromatic nitrogens is 1. The van der Waals surface area contributed by atoms with E-state index in [9.17, 15) is 4.39 Å². The molecule has 0 amide bonds. The summed E-state index contributed by atoms with van der Waals surface area (Å²) in [4.78, 5) is 8.81. The summed E-state index contributed by atoms with van der Waals surface area (Å²) in [5, 5.41) is 0. The Balaban J connectivity index is 2.09. The van der Waals surface area contributed by atoms with E-state index in [4.69, 9.17) is 11.6 Å². The predicted molar refractivity (Wildman–Crippen MR) is 72.7 cm³/mol. The standard InChI is InChI=1S/C13H19ClFN3/c1-10(2)17-3-5-18(6-4-17)13-11(8-14)7-12(15)9-16-13/h7,9-10H,3-6,8H2,1-2H3. The smallest absolute Gasteiger partial charge is 0.141 e. The first-order valence-corrected chi connectivity index (χ1v) is 6.84.